The third-order valence-corrected chi connectivity index (χ3v) is 3.82. The van der Waals surface area contributed by atoms with E-state index in [0.717, 1.165) is 5.56 Å². The van der Waals surface area contributed by atoms with Gasteiger partial charge in [0.15, 0.2) is 17.4 Å². The SMILES string of the molecule is CC(=O)c1ccc(NC(=O)CCc2ncc(-c3ccc(F)cc3)o2)cc1. The number of oxazole rings is 1. The quantitative estimate of drug-likeness (QED) is 0.673. The molecule has 1 amide bonds. The van der Waals surface area contributed by atoms with E-state index in [4.69, 9.17) is 4.42 Å². The lowest BCUT2D eigenvalue weighted by atomic mass is 10.1. The van der Waals surface area contributed by atoms with E-state index in [-0.39, 0.29) is 23.9 Å². The summed E-state index contributed by atoms with van der Waals surface area (Å²) < 4.78 is 18.6. The van der Waals surface area contributed by atoms with Gasteiger partial charge in [0.2, 0.25) is 5.91 Å². The third-order valence-electron chi connectivity index (χ3n) is 3.82. The van der Waals surface area contributed by atoms with Crippen molar-refractivity contribution in [2.45, 2.75) is 19.8 Å². The van der Waals surface area contributed by atoms with E-state index in [9.17, 15) is 14.0 Å². The highest BCUT2D eigenvalue weighted by molar-refractivity contribution is 5.95. The summed E-state index contributed by atoms with van der Waals surface area (Å²) >= 11 is 0. The highest BCUT2D eigenvalue weighted by atomic mass is 19.1. The average Bonchev–Trinajstić information content (AvgIpc) is 3.10. The molecule has 1 N–H and O–H groups in total. The van der Waals surface area contributed by atoms with E-state index >= 15 is 0 Å². The molecule has 0 fully saturated rings. The number of aryl methyl sites for hydroxylation is 1. The van der Waals surface area contributed by atoms with E-state index in [1.807, 2.05) is 0 Å². The molecule has 0 aliphatic carbocycles. The molecule has 132 valence electrons. The number of benzene rings is 2. The van der Waals surface area contributed by atoms with Crippen LogP contribution in [0.3, 0.4) is 0 Å². The van der Waals surface area contributed by atoms with E-state index in [2.05, 4.69) is 10.3 Å². The van der Waals surface area contributed by atoms with E-state index in [1.165, 1.54) is 19.1 Å². The van der Waals surface area contributed by atoms with Gasteiger partial charge in [0, 0.05) is 29.7 Å². The van der Waals surface area contributed by atoms with Crippen LogP contribution in [0.5, 0.6) is 0 Å². The second-order valence-electron chi connectivity index (χ2n) is 5.81. The minimum atomic E-state index is -0.318. The van der Waals surface area contributed by atoms with Gasteiger partial charge < -0.3 is 9.73 Å². The summed E-state index contributed by atoms with van der Waals surface area (Å²) in [6.45, 7) is 1.49. The Morgan fingerprint density at radius 1 is 1.08 bits per heavy atom. The van der Waals surface area contributed by atoms with E-state index in [1.54, 1.807) is 42.6 Å². The molecule has 1 aromatic heterocycles. The largest absolute Gasteiger partial charge is 0.441 e. The third kappa shape index (κ3) is 4.42. The number of Topliss-reactive ketones (excluding diaryl/α,β-unsaturated/α-hetero) is 1. The van der Waals surface area contributed by atoms with Crippen molar-refractivity contribution in [1.82, 2.24) is 4.98 Å². The minimum Gasteiger partial charge on any atom is -0.441 e. The van der Waals surface area contributed by atoms with Crippen LogP contribution in [0.25, 0.3) is 11.3 Å². The summed E-state index contributed by atoms with van der Waals surface area (Å²) in [6.07, 6.45) is 2.11. The Kier molecular flexibility index (Phi) is 5.22. The molecule has 0 aliphatic rings. The second kappa shape index (κ2) is 7.74. The van der Waals surface area contributed by atoms with Crippen LogP contribution in [0.2, 0.25) is 0 Å². The van der Waals surface area contributed by atoms with Gasteiger partial charge in [-0.15, -0.1) is 0 Å². The predicted octanol–water partition coefficient (Wildman–Crippen LogP) is 4.25. The van der Waals surface area contributed by atoms with Crippen molar-refractivity contribution >= 4 is 17.4 Å². The molecule has 0 saturated carbocycles. The number of ketones is 1. The molecule has 0 unspecified atom stereocenters. The van der Waals surface area contributed by atoms with Gasteiger partial charge in [-0.2, -0.15) is 0 Å². The van der Waals surface area contributed by atoms with Crippen LogP contribution in [0.1, 0.15) is 29.6 Å². The number of nitrogens with one attached hydrogen (secondary N) is 1. The number of aromatic nitrogens is 1. The Hall–Kier alpha value is -3.28. The molecule has 3 aromatic rings. The molecule has 2 aromatic carbocycles. The number of rotatable bonds is 6. The fourth-order valence-electron chi connectivity index (χ4n) is 2.41. The van der Waals surface area contributed by atoms with Gasteiger partial charge in [0.1, 0.15) is 5.82 Å². The normalized spacial score (nSPS) is 10.5. The molecule has 1 heterocycles. The van der Waals surface area contributed by atoms with Crippen molar-refractivity contribution < 1.29 is 18.4 Å². The van der Waals surface area contributed by atoms with Gasteiger partial charge >= 0.3 is 0 Å². The maximum absolute atomic E-state index is 13.0. The van der Waals surface area contributed by atoms with Crippen molar-refractivity contribution in [2.75, 3.05) is 5.32 Å². The molecule has 0 aliphatic heterocycles. The summed E-state index contributed by atoms with van der Waals surface area (Å²) in [6, 6.07) is 12.6. The molecule has 5 nitrogen and oxygen atoms in total. The van der Waals surface area contributed by atoms with Gasteiger partial charge in [-0.3, -0.25) is 9.59 Å². The van der Waals surface area contributed by atoms with Gasteiger partial charge in [0.25, 0.3) is 0 Å². The minimum absolute atomic E-state index is 0.0243. The second-order valence-corrected chi connectivity index (χ2v) is 5.81. The molecular formula is C20H17FN2O3. The molecule has 0 spiro atoms. The van der Waals surface area contributed by atoms with Crippen LogP contribution in [0.4, 0.5) is 10.1 Å². The van der Waals surface area contributed by atoms with Crippen molar-refractivity contribution in [3.05, 3.63) is 72.0 Å². The smallest absolute Gasteiger partial charge is 0.224 e. The van der Waals surface area contributed by atoms with Crippen LogP contribution in [-0.4, -0.2) is 16.7 Å². The van der Waals surface area contributed by atoms with Crippen LogP contribution in [-0.2, 0) is 11.2 Å². The van der Waals surface area contributed by atoms with Gasteiger partial charge in [-0.05, 0) is 55.5 Å². The first-order valence-electron chi connectivity index (χ1n) is 8.13. The Morgan fingerprint density at radius 2 is 1.77 bits per heavy atom. The molecule has 0 radical (unpaired) electrons. The van der Waals surface area contributed by atoms with Crippen molar-refractivity contribution in [3.63, 3.8) is 0 Å². The Balaban J connectivity index is 1.54. The predicted molar refractivity (Wildman–Crippen MR) is 95.3 cm³/mol. The number of hydrogen-bond acceptors (Lipinski definition) is 4. The van der Waals surface area contributed by atoms with Crippen LogP contribution in [0.15, 0.2) is 59.1 Å². The maximum Gasteiger partial charge on any atom is 0.224 e. The number of amides is 1. The first kappa shape index (κ1) is 17.5. The number of carbonyl (C=O) groups excluding carboxylic acids is 2. The van der Waals surface area contributed by atoms with Gasteiger partial charge in [-0.1, -0.05) is 0 Å². The molecule has 0 saturated heterocycles. The summed E-state index contributed by atoms with van der Waals surface area (Å²) in [5.41, 5.74) is 1.94. The number of hydrogen-bond donors (Lipinski definition) is 1. The molecule has 3 rings (SSSR count). The Bertz CT molecular complexity index is 915. The topological polar surface area (TPSA) is 72.2 Å². The van der Waals surface area contributed by atoms with Crippen molar-refractivity contribution in [2.24, 2.45) is 0 Å². The number of carbonyl (C=O) groups is 2. The van der Waals surface area contributed by atoms with Gasteiger partial charge in [-0.25, -0.2) is 9.37 Å². The zero-order valence-corrected chi connectivity index (χ0v) is 14.2. The van der Waals surface area contributed by atoms with E-state index in [0.29, 0.717) is 29.3 Å². The standard InChI is InChI=1S/C20H17FN2O3/c1-13(24)14-4-8-17(9-5-14)23-19(25)10-11-20-22-12-18(26-20)15-2-6-16(21)7-3-15/h2-9,12H,10-11H2,1H3,(H,23,25). The van der Waals surface area contributed by atoms with Crippen LogP contribution < -0.4 is 5.32 Å². The first-order chi connectivity index (χ1) is 12.5. The number of nitrogens with zero attached hydrogens (tertiary/aromatic N) is 1. The fraction of sp³-hybridized carbons (Fsp3) is 0.150. The zero-order valence-electron chi connectivity index (χ0n) is 14.2. The average molecular weight is 352 g/mol. The monoisotopic (exact) mass is 352 g/mol. The lowest BCUT2D eigenvalue weighted by Gasteiger charge is -2.05. The first-order valence-corrected chi connectivity index (χ1v) is 8.13. The molecule has 0 atom stereocenters. The van der Waals surface area contributed by atoms with Crippen LogP contribution in [0, 0.1) is 5.82 Å². The van der Waals surface area contributed by atoms with Crippen molar-refractivity contribution in [1.29, 1.82) is 0 Å². The lowest BCUT2D eigenvalue weighted by molar-refractivity contribution is -0.116. The molecule has 6 heteroatoms. The number of halogens is 1. The highest BCUT2D eigenvalue weighted by Gasteiger charge is 2.10. The number of anilines is 1. The van der Waals surface area contributed by atoms with Crippen molar-refractivity contribution in [3.8, 4) is 11.3 Å². The van der Waals surface area contributed by atoms with Crippen LogP contribution >= 0.6 is 0 Å². The summed E-state index contributed by atoms with van der Waals surface area (Å²) in [5, 5.41) is 2.76. The van der Waals surface area contributed by atoms with Gasteiger partial charge in [0.05, 0.1) is 6.20 Å². The lowest BCUT2D eigenvalue weighted by Crippen LogP contribution is -2.12. The summed E-state index contributed by atoms with van der Waals surface area (Å²) in [5.74, 6) is 0.443. The maximum atomic E-state index is 13.0. The summed E-state index contributed by atoms with van der Waals surface area (Å²) in [7, 11) is 0. The molecular weight excluding hydrogens is 335 g/mol. The molecule has 0 bridgehead atoms. The Morgan fingerprint density at radius 3 is 2.42 bits per heavy atom. The Labute approximate surface area is 149 Å². The summed E-state index contributed by atoms with van der Waals surface area (Å²) in [4.78, 5) is 27.4. The van der Waals surface area contributed by atoms with E-state index < -0.39 is 0 Å². The zero-order chi connectivity index (χ0) is 18.5. The highest BCUT2D eigenvalue weighted by Crippen LogP contribution is 2.21. The fourth-order valence-corrected chi connectivity index (χ4v) is 2.41. The molecule has 26 heavy (non-hydrogen) atoms.